The van der Waals surface area contributed by atoms with Crippen molar-refractivity contribution in [1.29, 1.82) is 0 Å². The van der Waals surface area contributed by atoms with Gasteiger partial charge in [0.05, 0.1) is 0 Å². The van der Waals surface area contributed by atoms with E-state index in [0.717, 1.165) is 74.5 Å². The first-order valence-electron chi connectivity index (χ1n) is 29.4. The zero-order valence-electron chi connectivity index (χ0n) is 46.9. The number of hydrogen-bond donors (Lipinski definition) is 0. The van der Waals surface area contributed by atoms with Crippen molar-refractivity contribution >= 4 is 96.0 Å². The summed E-state index contributed by atoms with van der Waals surface area (Å²) in [5.41, 5.74) is 27.3. The maximum Gasteiger partial charge on any atom is 0.333 e. The maximum absolute atomic E-state index is 7.24. The Labute approximate surface area is 476 Å². The quantitative estimate of drug-likeness (QED) is 0.114. The number of unbranched alkanes of at least 4 members (excludes halogenated alkanes) is 2. The first-order valence-corrected chi connectivity index (χ1v) is 29.4. The van der Waals surface area contributed by atoms with Crippen LogP contribution in [0.5, 0.6) is 0 Å². The summed E-state index contributed by atoms with van der Waals surface area (Å²) in [6.45, 7) is 11.4. The van der Waals surface area contributed by atoms with Crippen molar-refractivity contribution in [2.45, 2.75) is 78.6 Å². The molecule has 11 aromatic carbocycles. The molecule has 0 saturated heterocycles. The standard InChI is InChI=1S/C76H64BN3O/c1-6-8-19-50-29-35-55(36-30-50)78(56-37-31-51(32-38-56)20-9-7-2)57-40-43-67-69(47-57)79(68-44-34-54(45-49(68)3)52-21-11-10-12-22-52)70-48-64-62-26-16-18-28-71(62)81-75(64)72-63-41-33-53-23-13-14-24-59(53)74(63)80(77(67)73(70)72)58-39-42-61-60-25-15-17-27-65(60)76(4,5)66(61)46-58/h10-18,21-48H,6-9,19-20H2,1-5H3. The molecule has 0 radical (unpaired) electrons. The summed E-state index contributed by atoms with van der Waals surface area (Å²) >= 11 is 0. The zero-order valence-corrected chi connectivity index (χ0v) is 46.9. The first kappa shape index (κ1) is 49.0. The molecule has 0 atom stereocenters. The summed E-state index contributed by atoms with van der Waals surface area (Å²) in [6.07, 6.45) is 6.84. The molecule has 0 spiro atoms. The fraction of sp³-hybridized carbons (Fsp3) is 0.158. The van der Waals surface area contributed by atoms with Gasteiger partial charge in [0, 0.05) is 78.2 Å². The highest BCUT2D eigenvalue weighted by Crippen LogP contribution is 2.56. The van der Waals surface area contributed by atoms with Crippen LogP contribution in [0.1, 0.15) is 81.2 Å². The van der Waals surface area contributed by atoms with Crippen molar-refractivity contribution in [3.63, 3.8) is 0 Å². The van der Waals surface area contributed by atoms with Crippen LogP contribution in [0.2, 0.25) is 0 Å². The molecule has 12 aromatic rings. The third kappa shape index (κ3) is 7.80. The van der Waals surface area contributed by atoms with Crippen molar-refractivity contribution in [2.24, 2.45) is 0 Å². The number of para-hydroxylation sites is 1. The predicted octanol–water partition coefficient (Wildman–Crippen LogP) is 19.9. The Morgan fingerprint density at radius 1 is 0.494 bits per heavy atom. The van der Waals surface area contributed by atoms with Gasteiger partial charge in [0.25, 0.3) is 0 Å². The van der Waals surface area contributed by atoms with Gasteiger partial charge in [-0.05, 0) is 172 Å². The number of hydrogen-bond acceptors (Lipinski definition) is 4. The van der Waals surface area contributed by atoms with Gasteiger partial charge in [0.1, 0.15) is 11.2 Å². The second-order valence-electron chi connectivity index (χ2n) is 23.3. The molecule has 81 heavy (non-hydrogen) atoms. The van der Waals surface area contributed by atoms with Gasteiger partial charge in [0.2, 0.25) is 0 Å². The minimum atomic E-state index is -0.260. The van der Waals surface area contributed by atoms with E-state index in [1.807, 2.05) is 0 Å². The third-order valence-electron chi connectivity index (χ3n) is 18.1. The lowest BCUT2D eigenvalue weighted by Crippen LogP contribution is -2.61. The van der Waals surface area contributed by atoms with E-state index in [2.05, 4.69) is 274 Å². The molecule has 0 N–H and O–H groups in total. The Morgan fingerprint density at radius 2 is 1.15 bits per heavy atom. The van der Waals surface area contributed by atoms with Crippen molar-refractivity contribution in [1.82, 2.24) is 0 Å². The van der Waals surface area contributed by atoms with Crippen molar-refractivity contribution < 1.29 is 4.42 Å². The molecule has 3 heterocycles. The first-order chi connectivity index (χ1) is 39.8. The second-order valence-corrected chi connectivity index (χ2v) is 23.3. The molecule has 0 bridgehead atoms. The van der Waals surface area contributed by atoms with Crippen molar-refractivity contribution in [2.75, 3.05) is 14.6 Å². The fourth-order valence-corrected chi connectivity index (χ4v) is 14.0. The van der Waals surface area contributed by atoms with Crippen molar-refractivity contribution in [3.8, 4) is 33.4 Å². The Kier molecular flexibility index (Phi) is 11.7. The van der Waals surface area contributed by atoms with E-state index in [1.54, 1.807) is 0 Å². The molecule has 0 fully saturated rings. The largest absolute Gasteiger partial charge is 0.455 e. The summed E-state index contributed by atoms with van der Waals surface area (Å²) < 4.78 is 7.24. The van der Waals surface area contributed by atoms with Crippen LogP contribution in [0, 0.1) is 6.92 Å². The highest BCUT2D eigenvalue weighted by molar-refractivity contribution is 6.94. The summed E-state index contributed by atoms with van der Waals surface area (Å²) in [4.78, 5) is 7.79. The van der Waals surface area contributed by atoms with Gasteiger partial charge in [0.15, 0.2) is 0 Å². The number of anilines is 8. The number of nitrogens with zero attached hydrogens (tertiary/aromatic N) is 3. The van der Waals surface area contributed by atoms with Crippen molar-refractivity contribution in [3.05, 3.63) is 252 Å². The number of aryl methyl sites for hydroxylation is 3. The van der Waals surface area contributed by atoms with E-state index in [-0.39, 0.29) is 12.3 Å². The Morgan fingerprint density at radius 3 is 1.89 bits per heavy atom. The van der Waals surface area contributed by atoms with E-state index >= 15 is 0 Å². The molecule has 392 valence electrons. The highest BCUT2D eigenvalue weighted by atomic mass is 16.3. The molecule has 0 unspecified atom stereocenters. The molecule has 5 heteroatoms. The second kappa shape index (κ2) is 19.3. The predicted molar refractivity (Wildman–Crippen MR) is 345 cm³/mol. The summed E-state index contributed by atoms with van der Waals surface area (Å²) in [5.74, 6) is 0. The molecular weight excluding hydrogens is 982 g/mol. The van der Waals surface area contributed by atoms with Gasteiger partial charge in [-0.3, -0.25) is 0 Å². The van der Waals surface area contributed by atoms with Crippen LogP contribution in [0.25, 0.3) is 66.1 Å². The normalized spacial score (nSPS) is 13.6. The fourth-order valence-electron chi connectivity index (χ4n) is 14.0. The van der Waals surface area contributed by atoms with Gasteiger partial charge in [-0.1, -0.05) is 192 Å². The lowest BCUT2D eigenvalue weighted by Gasteiger charge is -2.46. The van der Waals surface area contributed by atoms with E-state index in [4.69, 9.17) is 4.42 Å². The minimum Gasteiger partial charge on any atom is -0.455 e. The van der Waals surface area contributed by atoms with Gasteiger partial charge < -0.3 is 19.0 Å². The van der Waals surface area contributed by atoms with Gasteiger partial charge in [-0.15, -0.1) is 0 Å². The van der Waals surface area contributed by atoms with Crippen LogP contribution in [0.4, 0.5) is 45.5 Å². The SMILES string of the molecule is CCCCc1ccc(N(c2ccc(CCCC)cc2)c2ccc3c(c2)N(c2ccc(-c4ccccc4)cc2C)c2cc4c(oc5ccccc54)c4c2B3N(c2ccc3c(c2)C(C)(C)c2ccccc2-3)c2c-4ccc3ccccc23)cc1. The average molecular weight is 1050 g/mol. The Hall–Kier alpha value is -9.06. The molecule has 1 aromatic heterocycles. The third-order valence-corrected chi connectivity index (χ3v) is 18.1. The van der Waals surface area contributed by atoms with Gasteiger partial charge >= 0.3 is 6.85 Å². The lowest BCUT2D eigenvalue weighted by atomic mass is 9.43. The number of fused-ring (bicyclic) bond motifs is 13. The summed E-state index contributed by atoms with van der Waals surface area (Å²) in [7, 11) is 0. The number of rotatable bonds is 12. The number of furan rings is 1. The monoisotopic (exact) mass is 1050 g/mol. The smallest absolute Gasteiger partial charge is 0.333 e. The van der Waals surface area contributed by atoms with Gasteiger partial charge in [-0.2, -0.15) is 0 Å². The van der Waals surface area contributed by atoms with Gasteiger partial charge in [-0.25, -0.2) is 0 Å². The van der Waals surface area contributed by atoms with Crippen LogP contribution in [0.15, 0.2) is 229 Å². The van der Waals surface area contributed by atoms with Crippen LogP contribution in [-0.4, -0.2) is 6.85 Å². The molecular formula is C76H64BN3O. The molecule has 1 aliphatic carbocycles. The average Bonchev–Trinajstić information content (AvgIpc) is 4.21. The van der Waals surface area contributed by atoms with E-state index in [1.165, 1.54) is 114 Å². The lowest BCUT2D eigenvalue weighted by molar-refractivity contribution is 0.660. The molecule has 3 aliphatic rings. The Balaban J connectivity index is 1.04. The van der Waals surface area contributed by atoms with Crippen LogP contribution in [0.3, 0.4) is 0 Å². The molecule has 4 nitrogen and oxygen atoms in total. The molecule has 0 amide bonds. The molecule has 2 aliphatic heterocycles. The van der Waals surface area contributed by atoms with Crippen LogP contribution < -0.4 is 25.5 Å². The zero-order chi connectivity index (χ0) is 54.5. The van der Waals surface area contributed by atoms with E-state index < -0.39 is 0 Å². The highest BCUT2D eigenvalue weighted by Gasteiger charge is 2.48. The van der Waals surface area contributed by atoms with Crippen LogP contribution >= 0.6 is 0 Å². The van der Waals surface area contributed by atoms with E-state index in [0.29, 0.717) is 0 Å². The summed E-state index contributed by atoms with van der Waals surface area (Å²) in [5, 5.41) is 4.63. The van der Waals surface area contributed by atoms with E-state index in [9.17, 15) is 0 Å². The minimum absolute atomic E-state index is 0.200. The Bertz CT molecular complexity index is 4390. The van der Waals surface area contributed by atoms with Crippen LogP contribution in [-0.2, 0) is 18.3 Å². The topological polar surface area (TPSA) is 22.9 Å². The molecule has 15 rings (SSSR count). The summed E-state index contributed by atoms with van der Waals surface area (Å²) in [6, 6.07) is 84.9. The number of benzene rings is 11. The maximum atomic E-state index is 7.24. The molecule has 0 saturated carbocycles.